The van der Waals surface area contributed by atoms with Crippen molar-refractivity contribution in [2.24, 2.45) is 4.99 Å². The number of fused-ring (bicyclic) bond motifs is 4. The molecule has 0 saturated carbocycles. The molecule has 0 saturated heterocycles. The molecule has 0 amide bonds. The van der Waals surface area contributed by atoms with Gasteiger partial charge in [0.05, 0.1) is 11.6 Å². The SMILES string of the molecule is CC1(C)c2cc(C#N)ccc2-c2ccc(-c3ccc4cc(-c5cccc(C(=N)N=c6ccc(-c7ccccc7)c[nH]6)c5)ccc4c3)cc21. The van der Waals surface area contributed by atoms with E-state index in [1.807, 2.05) is 66.9 Å². The van der Waals surface area contributed by atoms with Crippen molar-refractivity contribution in [3.05, 3.63) is 173 Å². The van der Waals surface area contributed by atoms with Crippen molar-refractivity contribution in [1.82, 2.24) is 4.98 Å². The molecule has 228 valence electrons. The number of aromatic amines is 1. The van der Waals surface area contributed by atoms with Crippen LogP contribution < -0.4 is 5.49 Å². The minimum Gasteiger partial charge on any atom is -0.346 e. The molecule has 0 atom stereocenters. The Hall–Kier alpha value is -6.31. The fourth-order valence-corrected chi connectivity index (χ4v) is 6.92. The number of pyridine rings is 1. The van der Waals surface area contributed by atoms with Crippen molar-refractivity contribution in [3.8, 4) is 50.6 Å². The van der Waals surface area contributed by atoms with E-state index in [1.165, 1.54) is 38.8 Å². The van der Waals surface area contributed by atoms with Gasteiger partial charge in [-0.2, -0.15) is 5.26 Å². The minimum atomic E-state index is -0.178. The van der Waals surface area contributed by atoms with Crippen LogP contribution in [0.4, 0.5) is 0 Å². The van der Waals surface area contributed by atoms with Gasteiger partial charge < -0.3 is 4.98 Å². The molecule has 48 heavy (non-hydrogen) atoms. The molecule has 1 aromatic heterocycles. The van der Waals surface area contributed by atoms with E-state index in [0.717, 1.165) is 33.2 Å². The van der Waals surface area contributed by atoms with Crippen LogP contribution in [0.2, 0.25) is 0 Å². The quantitative estimate of drug-likeness (QED) is 0.150. The lowest BCUT2D eigenvalue weighted by Gasteiger charge is -2.22. The van der Waals surface area contributed by atoms with Crippen LogP contribution in [0.3, 0.4) is 0 Å². The average molecular weight is 617 g/mol. The molecule has 1 aliphatic carbocycles. The molecule has 0 bridgehead atoms. The van der Waals surface area contributed by atoms with E-state index < -0.39 is 0 Å². The van der Waals surface area contributed by atoms with Crippen molar-refractivity contribution in [3.63, 3.8) is 0 Å². The Bertz CT molecular complexity index is 2490. The van der Waals surface area contributed by atoms with Crippen molar-refractivity contribution >= 4 is 16.6 Å². The highest BCUT2D eigenvalue weighted by Gasteiger charge is 2.35. The third kappa shape index (κ3) is 5.12. The van der Waals surface area contributed by atoms with Gasteiger partial charge in [-0.3, -0.25) is 5.41 Å². The second-order valence-electron chi connectivity index (χ2n) is 12.9. The molecule has 6 aromatic carbocycles. The van der Waals surface area contributed by atoms with Gasteiger partial charge in [0.2, 0.25) is 0 Å². The maximum absolute atomic E-state index is 9.47. The smallest absolute Gasteiger partial charge is 0.154 e. The minimum absolute atomic E-state index is 0.178. The van der Waals surface area contributed by atoms with Crippen molar-refractivity contribution in [2.45, 2.75) is 19.3 Å². The predicted octanol–water partition coefficient (Wildman–Crippen LogP) is 10.3. The Balaban J connectivity index is 1.05. The fraction of sp³-hybridized carbons (Fsp3) is 0.0682. The van der Waals surface area contributed by atoms with E-state index in [9.17, 15) is 5.26 Å². The lowest BCUT2D eigenvalue weighted by Crippen LogP contribution is -2.15. The first-order valence-corrected chi connectivity index (χ1v) is 16.1. The van der Waals surface area contributed by atoms with Crippen LogP contribution in [0, 0.1) is 16.7 Å². The Kier molecular flexibility index (Phi) is 6.97. The lowest BCUT2D eigenvalue weighted by atomic mass is 9.81. The first-order valence-electron chi connectivity index (χ1n) is 16.1. The summed E-state index contributed by atoms with van der Waals surface area (Å²) in [4.78, 5) is 7.78. The number of aromatic nitrogens is 1. The maximum Gasteiger partial charge on any atom is 0.154 e. The van der Waals surface area contributed by atoms with E-state index in [1.54, 1.807) is 0 Å². The lowest BCUT2D eigenvalue weighted by molar-refractivity contribution is 0.660. The number of nitrogens with zero attached hydrogens (tertiary/aromatic N) is 2. The summed E-state index contributed by atoms with van der Waals surface area (Å²) in [6, 6.07) is 50.4. The summed E-state index contributed by atoms with van der Waals surface area (Å²) in [5.74, 6) is 0.206. The first kappa shape index (κ1) is 29.1. The van der Waals surface area contributed by atoms with Gasteiger partial charge in [-0.1, -0.05) is 105 Å². The van der Waals surface area contributed by atoms with Crippen molar-refractivity contribution in [2.75, 3.05) is 0 Å². The molecule has 1 heterocycles. The first-order chi connectivity index (χ1) is 23.4. The molecular formula is C44H32N4. The highest BCUT2D eigenvalue weighted by Crippen LogP contribution is 2.50. The Morgan fingerprint density at radius 3 is 1.90 bits per heavy atom. The van der Waals surface area contributed by atoms with Crippen LogP contribution >= 0.6 is 0 Å². The van der Waals surface area contributed by atoms with Crippen molar-refractivity contribution < 1.29 is 0 Å². The predicted molar refractivity (Wildman–Crippen MR) is 196 cm³/mol. The van der Waals surface area contributed by atoms with E-state index >= 15 is 0 Å². The summed E-state index contributed by atoms with van der Waals surface area (Å²) in [6.45, 7) is 4.49. The molecule has 2 N–H and O–H groups in total. The van der Waals surface area contributed by atoms with Crippen LogP contribution in [-0.4, -0.2) is 10.8 Å². The summed E-state index contributed by atoms with van der Waals surface area (Å²) in [5.41, 5.74) is 13.6. The van der Waals surface area contributed by atoms with Gasteiger partial charge in [0.1, 0.15) is 5.49 Å². The van der Waals surface area contributed by atoms with Gasteiger partial charge in [0.25, 0.3) is 0 Å². The summed E-state index contributed by atoms with van der Waals surface area (Å²) >= 11 is 0. The van der Waals surface area contributed by atoms with Gasteiger partial charge >= 0.3 is 0 Å². The Morgan fingerprint density at radius 2 is 1.21 bits per heavy atom. The second kappa shape index (κ2) is 11.5. The summed E-state index contributed by atoms with van der Waals surface area (Å²) in [7, 11) is 0. The number of H-pyrrole nitrogens is 1. The standard InChI is InChI=1S/C44H32N4/c1-44(2)40-21-28(26-45)11-18-38(40)39-19-16-35(25-41(39)44)34-15-14-32-22-31(12-13-33(32)23-34)30-9-6-10-36(24-30)43(46)48-42-20-17-37(27-47-42)29-7-4-3-5-8-29/h3-25,27H,1-2H3,(H2,46,47,48). The summed E-state index contributed by atoms with van der Waals surface area (Å²) in [6.07, 6.45) is 1.93. The summed E-state index contributed by atoms with van der Waals surface area (Å²) < 4.78 is 0. The number of hydrogen-bond acceptors (Lipinski definition) is 2. The highest BCUT2D eigenvalue weighted by molar-refractivity contribution is 5.98. The van der Waals surface area contributed by atoms with Gasteiger partial charge in [-0.25, -0.2) is 4.99 Å². The van der Waals surface area contributed by atoms with Crippen LogP contribution in [0.5, 0.6) is 0 Å². The molecule has 4 nitrogen and oxygen atoms in total. The molecule has 1 aliphatic rings. The molecule has 7 aromatic rings. The van der Waals surface area contributed by atoms with Gasteiger partial charge in [-0.05, 0) is 115 Å². The number of nitrogens with one attached hydrogen (secondary N) is 2. The topological polar surface area (TPSA) is 75.8 Å². The zero-order valence-corrected chi connectivity index (χ0v) is 26.8. The molecule has 4 heteroatoms. The normalized spacial score (nSPS) is 13.1. The highest BCUT2D eigenvalue weighted by atomic mass is 14.9. The van der Waals surface area contributed by atoms with Crippen LogP contribution in [0.25, 0.3) is 55.3 Å². The monoisotopic (exact) mass is 616 g/mol. The zero-order chi connectivity index (χ0) is 32.8. The number of nitriles is 1. The molecule has 0 radical (unpaired) electrons. The third-order valence-electron chi connectivity index (χ3n) is 9.58. The molecule has 8 rings (SSSR count). The fourth-order valence-electron chi connectivity index (χ4n) is 6.92. The van der Waals surface area contributed by atoms with Crippen LogP contribution in [0.15, 0.2) is 151 Å². The van der Waals surface area contributed by atoms with Crippen LogP contribution in [0.1, 0.15) is 36.1 Å². The number of rotatable bonds is 4. The number of hydrogen-bond donors (Lipinski definition) is 2. The molecular weight excluding hydrogens is 585 g/mol. The van der Waals surface area contributed by atoms with Crippen molar-refractivity contribution in [1.29, 1.82) is 10.7 Å². The van der Waals surface area contributed by atoms with Gasteiger partial charge in [0, 0.05) is 17.2 Å². The zero-order valence-electron chi connectivity index (χ0n) is 26.8. The van der Waals surface area contributed by atoms with E-state index in [4.69, 9.17) is 5.41 Å². The second-order valence-corrected chi connectivity index (χ2v) is 12.9. The number of amidine groups is 1. The van der Waals surface area contributed by atoms with Gasteiger partial charge in [-0.15, -0.1) is 0 Å². The van der Waals surface area contributed by atoms with E-state index in [0.29, 0.717) is 11.1 Å². The van der Waals surface area contributed by atoms with Gasteiger partial charge in [0.15, 0.2) is 5.84 Å². The molecule has 0 spiro atoms. The molecule has 0 unspecified atom stereocenters. The Labute approximate surface area is 279 Å². The maximum atomic E-state index is 9.47. The average Bonchev–Trinajstić information content (AvgIpc) is 3.36. The molecule has 0 fully saturated rings. The molecule has 0 aliphatic heterocycles. The third-order valence-corrected chi connectivity index (χ3v) is 9.58. The van der Waals surface area contributed by atoms with Crippen LogP contribution in [-0.2, 0) is 5.41 Å². The largest absolute Gasteiger partial charge is 0.346 e. The Morgan fingerprint density at radius 1 is 0.604 bits per heavy atom. The summed E-state index contributed by atoms with van der Waals surface area (Å²) in [5, 5.41) is 20.5. The van der Waals surface area contributed by atoms with E-state index in [-0.39, 0.29) is 11.3 Å². The number of benzene rings is 6. The van der Waals surface area contributed by atoms with E-state index in [2.05, 4.69) is 109 Å².